The summed E-state index contributed by atoms with van der Waals surface area (Å²) in [6.07, 6.45) is -9.48. The average Bonchev–Trinajstić information content (AvgIpc) is 2.40. The van der Waals surface area contributed by atoms with E-state index in [9.17, 15) is 65.5 Å². The van der Waals surface area contributed by atoms with Crippen LogP contribution in [0.1, 0.15) is 0 Å². The zero-order valence-electron chi connectivity index (χ0n) is 11.9. The summed E-state index contributed by atoms with van der Waals surface area (Å²) in [5, 5.41) is 0. The Bertz CT molecular complexity index is 664. The van der Waals surface area contributed by atoms with Crippen LogP contribution in [0.2, 0.25) is 0 Å². The molecule has 0 aliphatic carbocycles. The van der Waals surface area contributed by atoms with Crippen LogP contribution in [0.3, 0.4) is 0 Å². The van der Waals surface area contributed by atoms with Gasteiger partial charge in [-0.25, -0.2) is 4.18 Å². The molecular weight excluding hydrogens is 451 g/mol. The van der Waals surface area contributed by atoms with Crippen LogP contribution in [0.25, 0.3) is 0 Å². The van der Waals surface area contributed by atoms with E-state index < -0.39 is 64.9 Å². The van der Waals surface area contributed by atoms with E-state index in [0.29, 0.717) is 0 Å². The molecule has 0 saturated carbocycles. The maximum absolute atomic E-state index is 13.1. The van der Waals surface area contributed by atoms with Crippen molar-refractivity contribution in [1.29, 1.82) is 0 Å². The highest BCUT2D eigenvalue weighted by Gasteiger charge is 2.90. The Labute approximate surface area is 140 Å². The molecule has 18 heteroatoms. The molecule has 4 nitrogen and oxygen atoms in total. The molecule has 0 fully saturated rings. The molecule has 27 heavy (non-hydrogen) atoms. The monoisotopic (exact) mass is 456 g/mol. The second-order valence-corrected chi connectivity index (χ2v) is 5.62. The fourth-order valence-electron chi connectivity index (χ4n) is 1.21. The van der Waals surface area contributed by atoms with Crippen LogP contribution < -0.4 is 0 Å². The van der Waals surface area contributed by atoms with Crippen molar-refractivity contribution in [2.24, 2.45) is 0 Å². The van der Waals surface area contributed by atoms with Gasteiger partial charge >= 0.3 is 46.2 Å². The Morgan fingerprint density at radius 3 is 1.41 bits per heavy atom. The third-order valence-corrected chi connectivity index (χ3v) is 3.03. The van der Waals surface area contributed by atoms with Gasteiger partial charge in [0.15, 0.2) is 0 Å². The van der Waals surface area contributed by atoms with Crippen LogP contribution in [-0.4, -0.2) is 55.4 Å². The molecule has 0 heterocycles. The largest absolute Gasteiger partial charge is 0.460 e. The molecule has 0 amide bonds. The zero-order valence-corrected chi connectivity index (χ0v) is 12.7. The molecule has 0 aromatic rings. The predicted molar refractivity (Wildman–Crippen MR) is 57.4 cm³/mol. The lowest BCUT2D eigenvalue weighted by atomic mass is 9.94. The van der Waals surface area contributed by atoms with Crippen molar-refractivity contribution >= 4 is 10.4 Å². The first-order valence-corrected chi connectivity index (χ1v) is 7.07. The van der Waals surface area contributed by atoms with E-state index in [1.54, 1.807) is 0 Å². The number of halogens is 13. The maximum Gasteiger partial charge on any atom is 0.460 e. The van der Waals surface area contributed by atoms with Crippen LogP contribution in [0, 0.1) is 0 Å². The van der Waals surface area contributed by atoms with E-state index in [-0.39, 0.29) is 0 Å². The number of alkyl halides is 13. The molecule has 0 spiro atoms. The van der Waals surface area contributed by atoms with Crippen molar-refractivity contribution in [3.63, 3.8) is 0 Å². The normalized spacial score (nSPS) is 16.2. The average molecular weight is 456 g/mol. The lowest BCUT2D eigenvalue weighted by molar-refractivity contribution is -0.436. The minimum absolute atomic E-state index is 0.544. The Balaban J connectivity index is 5.98. The van der Waals surface area contributed by atoms with Crippen LogP contribution in [0.5, 0.6) is 0 Å². The highest BCUT2D eigenvalue weighted by molar-refractivity contribution is 7.80. The summed E-state index contributed by atoms with van der Waals surface area (Å²) >= 11 is 0. The second kappa shape index (κ2) is 6.94. The van der Waals surface area contributed by atoms with E-state index >= 15 is 0 Å². The summed E-state index contributed by atoms with van der Waals surface area (Å²) in [5.74, 6) is -37.8. The molecular formula is C9H5F13O4S. The number of hydrogen-bond acceptors (Lipinski definition) is 3. The van der Waals surface area contributed by atoms with Crippen molar-refractivity contribution in [2.75, 3.05) is 6.61 Å². The van der Waals surface area contributed by atoms with Gasteiger partial charge in [0.25, 0.3) is 0 Å². The van der Waals surface area contributed by atoms with E-state index in [0.717, 1.165) is 0 Å². The smallest absolute Gasteiger partial charge is 0.264 e. The topological polar surface area (TPSA) is 63.6 Å². The molecule has 0 aromatic heterocycles. The Hall–Kier alpha value is -1.30. The van der Waals surface area contributed by atoms with E-state index in [4.69, 9.17) is 4.55 Å². The fraction of sp³-hybridized carbons (Fsp3) is 0.778. The molecule has 0 bridgehead atoms. The van der Waals surface area contributed by atoms with Gasteiger partial charge in [-0.15, -0.1) is 0 Å². The highest BCUT2D eigenvalue weighted by Crippen LogP contribution is 2.60. The van der Waals surface area contributed by atoms with Crippen molar-refractivity contribution in [1.82, 2.24) is 0 Å². The first-order chi connectivity index (χ1) is 11.5. The van der Waals surface area contributed by atoms with Crippen molar-refractivity contribution < 1.29 is 74.2 Å². The SMILES string of the molecule is O=S(=O)(O)OC/C=C/C(F)(F)C(F)(F)C(F)(F)C(F)(F)C(F)(F)C(F)(F)F. The highest BCUT2D eigenvalue weighted by atomic mass is 32.3. The number of hydrogen-bond donors (Lipinski definition) is 1. The molecule has 0 aliphatic rings. The Morgan fingerprint density at radius 1 is 0.704 bits per heavy atom. The summed E-state index contributed by atoms with van der Waals surface area (Å²) in [6.45, 7) is -1.74. The van der Waals surface area contributed by atoms with Crippen molar-refractivity contribution in [3.8, 4) is 0 Å². The molecule has 0 unspecified atom stereocenters. The molecule has 0 aliphatic heterocycles. The summed E-state index contributed by atoms with van der Waals surface area (Å²) in [4.78, 5) is 0. The van der Waals surface area contributed by atoms with Crippen LogP contribution >= 0.6 is 0 Å². The van der Waals surface area contributed by atoms with Gasteiger partial charge in [0.05, 0.1) is 6.61 Å². The standard InChI is InChI=1S/C9H5F13O4S/c10-4(11,2-1-3-26-27(23,24)25)5(12,13)6(14,15)7(16,17)8(18,19)9(20,21)22/h1-2H,3H2,(H,23,24,25)/b2-1+. The zero-order chi connectivity index (χ0) is 22.3. The molecule has 162 valence electrons. The van der Waals surface area contributed by atoms with Gasteiger partial charge in [-0.3, -0.25) is 4.55 Å². The predicted octanol–water partition coefficient (Wildman–Crippen LogP) is 4.10. The van der Waals surface area contributed by atoms with Crippen molar-refractivity contribution in [3.05, 3.63) is 12.2 Å². The van der Waals surface area contributed by atoms with E-state index in [1.165, 1.54) is 0 Å². The Kier molecular flexibility index (Phi) is 6.61. The molecule has 0 atom stereocenters. The first-order valence-electron chi connectivity index (χ1n) is 5.71. The molecule has 1 N–H and O–H groups in total. The van der Waals surface area contributed by atoms with Crippen molar-refractivity contribution in [2.45, 2.75) is 35.8 Å². The van der Waals surface area contributed by atoms with Gasteiger partial charge in [0, 0.05) is 0 Å². The van der Waals surface area contributed by atoms with Gasteiger partial charge in [-0.1, -0.05) is 6.08 Å². The van der Waals surface area contributed by atoms with Gasteiger partial charge < -0.3 is 0 Å². The van der Waals surface area contributed by atoms with Gasteiger partial charge in [0.2, 0.25) is 0 Å². The van der Waals surface area contributed by atoms with Gasteiger partial charge in [-0.2, -0.15) is 65.5 Å². The third kappa shape index (κ3) is 4.58. The van der Waals surface area contributed by atoms with Crippen LogP contribution in [0.4, 0.5) is 57.1 Å². The maximum atomic E-state index is 13.1. The third-order valence-electron chi connectivity index (χ3n) is 2.60. The summed E-state index contributed by atoms with van der Waals surface area (Å²) in [6, 6.07) is 0. The molecule has 0 rings (SSSR count). The Morgan fingerprint density at radius 2 is 1.07 bits per heavy atom. The van der Waals surface area contributed by atoms with Crippen LogP contribution in [0.15, 0.2) is 12.2 Å². The van der Waals surface area contributed by atoms with E-state index in [2.05, 4.69) is 4.18 Å². The molecule has 0 aromatic carbocycles. The van der Waals surface area contributed by atoms with Gasteiger partial charge in [-0.05, 0) is 6.08 Å². The van der Waals surface area contributed by atoms with Gasteiger partial charge in [0.1, 0.15) is 0 Å². The second-order valence-electron chi connectivity index (χ2n) is 4.53. The quantitative estimate of drug-likeness (QED) is 0.340. The fourth-order valence-corrected chi connectivity index (χ4v) is 1.46. The molecule has 0 radical (unpaired) electrons. The summed E-state index contributed by atoms with van der Waals surface area (Å²) < 4.78 is 196. The minimum atomic E-state index is -8.02. The minimum Gasteiger partial charge on any atom is -0.264 e. The van der Waals surface area contributed by atoms with Crippen LogP contribution in [-0.2, 0) is 14.6 Å². The first kappa shape index (κ1) is 25.7. The summed E-state index contributed by atoms with van der Waals surface area (Å²) in [5.41, 5.74) is 0. The summed E-state index contributed by atoms with van der Waals surface area (Å²) in [7, 11) is -5.34. The lowest BCUT2D eigenvalue weighted by Crippen LogP contribution is -2.69. The number of allylic oxidation sites excluding steroid dienone is 1. The molecule has 0 saturated heterocycles. The number of rotatable bonds is 8. The van der Waals surface area contributed by atoms with E-state index in [1.807, 2.05) is 0 Å². The lowest BCUT2D eigenvalue weighted by Gasteiger charge is -2.39.